The Bertz CT molecular complexity index is 267. The first-order valence-electron chi connectivity index (χ1n) is 5.63. The van der Waals surface area contributed by atoms with E-state index in [9.17, 15) is 0 Å². The molecule has 1 N–H and O–H groups in total. The van der Waals surface area contributed by atoms with E-state index in [2.05, 4.69) is 42.6 Å². The van der Waals surface area contributed by atoms with Crippen LogP contribution in [0.25, 0.3) is 0 Å². The normalized spacial score (nSPS) is 28.6. The van der Waals surface area contributed by atoms with Gasteiger partial charge in [-0.2, -0.15) is 0 Å². The van der Waals surface area contributed by atoms with E-state index in [1.807, 2.05) is 0 Å². The Morgan fingerprint density at radius 3 is 2.79 bits per heavy atom. The predicted molar refractivity (Wildman–Crippen MR) is 61.1 cm³/mol. The molecule has 1 saturated heterocycles. The first-order chi connectivity index (χ1) is 6.86. The van der Waals surface area contributed by atoms with Crippen molar-refractivity contribution in [1.29, 1.82) is 0 Å². The molecule has 0 saturated carbocycles. The van der Waals surface area contributed by atoms with Crippen molar-refractivity contribution >= 4 is 0 Å². The van der Waals surface area contributed by atoms with Crippen molar-refractivity contribution in [3.8, 4) is 0 Å². The van der Waals surface area contributed by atoms with Crippen molar-refractivity contribution in [3.05, 3.63) is 36.0 Å². The molecule has 14 heavy (non-hydrogen) atoms. The minimum atomic E-state index is 0.592. The minimum absolute atomic E-state index is 0.592. The number of piperidine rings is 1. The predicted octanol–water partition coefficient (Wildman–Crippen LogP) is 2.67. The maximum Gasteiger partial charge on any atom is -0.00431 e. The molecule has 0 aromatic heterocycles. The van der Waals surface area contributed by atoms with Gasteiger partial charge in [-0.3, -0.25) is 0 Å². The van der Waals surface area contributed by atoms with E-state index in [-0.39, 0.29) is 0 Å². The van der Waals surface area contributed by atoms with Crippen molar-refractivity contribution < 1.29 is 0 Å². The molecule has 1 heteroatoms. The first kappa shape index (κ1) is 9.72. The van der Waals surface area contributed by atoms with Gasteiger partial charge < -0.3 is 5.32 Å². The Kier molecular flexibility index (Phi) is 3.20. The quantitative estimate of drug-likeness (QED) is 0.668. The topological polar surface area (TPSA) is 12.0 Å². The lowest BCUT2D eigenvalue weighted by molar-refractivity contribution is 0.424. The summed E-state index contributed by atoms with van der Waals surface area (Å²) in [6, 6.07) is 0. The zero-order valence-electron chi connectivity index (χ0n) is 8.87. The van der Waals surface area contributed by atoms with E-state index in [1.165, 1.54) is 25.9 Å². The molecule has 1 unspecified atom stereocenters. The van der Waals surface area contributed by atoms with Gasteiger partial charge in [-0.15, -0.1) is 0 Å². The third-order valence-electron chi connectivity index (χ3n) is 3.08. The van der Waals surface area contributed by atoms with Gasteiger partial charge >= 0.3 is 0 Å². The van der Waals surface area contributed by atoms with Crippen LogP contribution in [-0.4, -0.2) is 13.1 Å². The third-order valence-corrected chi connectivity index (χ3v) is 3.08. The van der Waals surface area contributed by atoms with Gasteiger partial charge in [0.05, 0.1) is 0 Å². The maximum atomic E-state index is 3.41. The van der Waals surface area contributed by atoms with Crippen LogP contribution >= 0.6 is 0 Å². The van der Waals surface area contributed by atoms with Crippen molar-refractivity contribution in [2.45, 2.75) is 19.8 Å². The fourth-order valence-corrected chi connectivity index (χ4v) is 2.25. The second kappa shape index (κ2) is 4.61. The molecule has 2 rings (SSSR count). The van der Waals surface area contributed by atoms with Gasteiger partial charge in [-0.1, -0.05) is 37.3 Å². The smallest absolute Gasteiger partial charge is 0.00431 e. The lowest BCUT2D eigenvalue weighted by Gasteiger charge is -2.24. The maximum absolute atomic E-state index is 3.41. The molecule has 2 aliphatic rings. The summed E-state index contributed by atoms with van der Waals surface area (Å²) in [6.07, 6.45) is 13.9. The summed E-state index contributed by atoms with van der Waals surface area (Å²) in [5.41, 5.74) is 1.55. The monoisotopic (exact) mass is 189 g/mol. The van der Waals surface area contributed by atoms with Crippen LogP contribution in [0, 0.1) is 11.8 Å². The summed E-state index contributed by atoms with van der Waals surface area (Å²) in [6.45, 7) is 4.61. The first-order valence-corrected chi connectivity index (χ1v) is 5.63. The molecule has 0 bridgehead atoms. The molecule has 1 fully saturated rings. The van der Waals surface area contributed by atoms with Crippen LogP contribution in [0.5, 0.6) is 0 Å². The highest BCUT2D eigenvalue weighted by Gasteiger charge is 2.16. The zero-order valence-corrected chi connectivity index (χ0v) is 8.87. The molecule has 1 heterocycles. The van der Waals surface area contributed by atoms with E-state index in [1.54, 1.807) is 5.57 Å². The second-order valence-corrected chi connectivity index (χ2v) is 4.29. The van der Waals surface area contributed by atoms with Gasteiger partial charge in [0, 0.05) is 0 Å². The fraction of sp³-hybridized carbons (Fsp3) is 0.538. The number of hydrogen-bond acceptors (Lipinski definition) is 1. The Balaban J connectivity index is 2.08. The van der Waals surface area contributed by atoms with Crippen LogP contribution in [-0.2, 0) is 0 Å². The molecule has 1 aliphatic heterocycles. The number of nitrogens with one attached hydrogen (secondary N) is 1. The SMILES string of the molecule is CC1C=CC=CC(C2CCNCC2)=C1. The van der Waals surface area contributed by atoms with E-state index < -0.39 is 0 Å². The van der Waals surface area contributed by atoms with E-state index in [4.69, 9.17) is 0 Å². The molecular weight excluding hydrogens is 170 g/mol. The molecular formula is C13H19N. The van der Waals surface area contributed by atoms with Crippen LogP contribution in [0.1, 0.15) is 19.8 Å². The van der Waals surface area contributed by atoms with E-state index in [0.29, 0.717) is 5.92 Å². The molecule has 0 spiro atoms. The standard InChI is InChI=1S/C13H19N/c1-11-4-2-3-5-13(10-11)12-6-8-14-9-7-12/h2-5,10-12,14H,6-9H2,1H3. The minimum Gasteiger partial charge on any atom is -0.317 e. The van der Waals surface area contributed by atoms with Gasteiger partial charge in [0.25, 0.3) is 0 Å². The Labute approximate surface area is 86.6 Å². The molecule has 0 aromatic rings. The van der Waals surface area contributed by atoms with Gasteiger partial charge in [0.15, 0.2) is 0 Å². The van der Waals surface area contributed by atoms with Crippen LogP contribution in [0.4, 0.5) is 0 Å². The van der Waals surface area contributed by atoms with Crippen LogP contribution < -0.4 is 5.32 Å². The average Bonchev–Trinajstić information content (AvgIpc) is 2.44. The van der Waals surface area contributed by atoms with Crippen molar-refractivity contribution in [2.75, 3.05) is 13.1 Å². The molecule has 0 amide bonds. The summed E-state index contributed by atoms with van der Waals surface area (Å²) in [4.78, 5) is 0. The number of hydrogen-bond donors (Lipinski definition) is 1. The van der Waals surface area contributed by atoms with Gasteiger partial charge in [-0.25, -0.2) is 0 Å². The zero-order chi connectivity index (χ0) is 9.80. The summed E-state index contributed by atoms with van der Waals surface area (Å²) >= 11 is 0. The van der Waals surface area contributed by atoms with Crippen LogP contribution in [0.2, 0.25) is 0 Å². The third kappa shape index (κ3) is 2.36. The Morgan fingerprint density at radius 2 is 2.00 bits per heavy atom. The highest BCUT2D eigenvalue weighted by molar-refractivity contribution is 5.30. The lowest BCUT2D eigenvalue weighted by Crippen LogP contribution is -2.28. The van der Waals surface area contributed by atoms with Gasteiger partial charge in [-0.05, 0) is 43.3 Å². The summed E-state index contributed by atoms with van der Waals surface area (Å²) in [7, 11) is 0. The molecule has 76 valence electrons. The van der Waals surface area contributed by atoms with Crippen LogP contribution in [0.3, 0.4) is 0 Å². The second-order valence-electron chi connectivity index (χ2n) is 4.29. The summed E-state index contributed by atoms with van der Waals surface area (Å²) < 4.78 is 0. The highest BCUT2D eigenvalue weighted by Crippen LogP contribution is 2.25. The average molecular weight is 189 g/mol. The van der Waals surface area contributed by atoms with Gasteiger partial charge in [0.1, 0.15) is 0 Å². The number of rotatable bonds is 1. The molecule has 1 nitrogen and oxygen atoms in total. The van der Waals surface area contributed by atoms with E-state index in [0.717, 1.165) is 5.92 Å². The van der Waals surface area contributed by atoms with Crippen LogP contribution in [0.15, 0.2) is 36.0 Å². The lowest BCUT2D eigenvalue weighted by atomic mass is 9.88. The van der Waals surface area contributed by atoms with Gasteiger partial charge in [0.2, 0.25) is 0 Å². The Hall–Kier alpha value is -0.820. The Morgan fingerprint density at radius 1 is 1.21 bits per heavy atom. The summed E-state index contributed by atoms with van der Waals surface area (Å²) in [5.74, 6) is 1.38. The van der Waals surface area contributed by atoms with Crippen molar-refractivity contribution in [1.82, 2.24) is 5.32 Å². The largest absolute Gasteiger partial charge is 0.317 e. The molecule has 1 aliphatic carbocycles. The van der Waals surface area contributed by atoms with E-state index >= 15 is 0 Å². The molecule has 1 atom stereocenters. The number of allylic oxidation sites excluding steroid dienone is 6. The molecule has 0 radical (unpaired) electrons. The van der Waals surface area contributed by atoms with Crippen molar-refractivity contribution in [2.24, 2.45) is 11.8 Å². The molecule has 0 aromatic carbocycles. The highest BCUT2D eigenvalue weighted by atomic mass is 14.9. The fourth-order valence-electron chi connectivity index (χ4n) is 2.25. The van der Waals surface area contributed by atoms with Crippen molar-refractivity contribution in [3.63, 3.8) is 0 Å². The summed E-state index contributed by atoms with van der Waals surface area (Å²) in [5, 5.41) is 3.41.